The van der Waals surface area contributed by atoms with Crippen LogP contribution in [0.15, 0.2) is 30.3 Å². The Hall–Kier alpha value is -0.800. The van der Waals surface area contributed by atoms with Gasteiger partial charge in [-0.05, 0) is 23.6 Å². The molecule has 0 fully saturated rings. The molecule has 0 aliphatic heterocycles. The summed E-state index contributed by atoms with van der Waals surface area (Å²) in [5, 5.41) is -0.459. The van der Waals surface area contributed by atoms with Crippen molar-refractivity contribution in [3.8, 4) is 0 Å². The number of halogens is 1. The Labute approximate surface area is 105 Å². The summed E-state index contributed by atoms with van der Waals surface area (Å²) in [6, 6.07) is 9.52. The minimum atomic E-state index is -0.459. The summed E-state index contributed by atoms with van der Waals surface area (Å²) in [4.78, 5) is 22.4. The van der Waals surface area contributed by atoms with E-state index in [0.29, 0.717) is 6.42 Å². The van der Waals surface area contributed by atoms with Crippen LogP contribution in [-0.4, -0.2) is 16.8 Å². The van der Waals surface area contributed by atoms with E-state index in [9.17, 15) is 9.59 Å². The lowest BCUT2D eigenvalue weighted by Gasteiger charge is -2.10. The first-order valence-electron chi connectivity index (χ1n) is 4.99. The summed E-state index contributed by atoms with van der Waals surface area (Å²) in [6.45, 7) is 0. The van der Waals surface area contributed by atoms with Gasteiger partial charge in [0, 0.05) is 18.1 Å². The largest absolute Gasteiger partial charge is 0.299 e. The van der Waals surface area contributed by atoms with Crippen LogP contribution in [-0.2, 0) is 16.0 Å². The van der Waals surface area contributed by atoms with Gasteiger partial charge < -0.3 is 0 Å². The normalized spacial score (nSPS) is 12.1. The number of hydrogen-bond donors (Lipinski definition) is 1. The van der Waals surface area contributed by atoms with Crippen LogP contribution in [0.25, 0.3) is 0 Å². The highest BCUT2D eigenvalue weighted by molar-refractivity contribution is 7.81. The van der Waals surface area contributed by atoms with E-state index in [0.717, 1.165) is 5.56 Å². The van der Waals surface area contributed by atoms with E-state index in [4.69, 9.17) is 11.6 Å². The Balaban J connectivity index is 2.65. The van der Waals surface area contributed by atoms with E-state index >= 15 is 0 Å². The van der Waals surface area contributed by atoms with Crippen LogP contribution < -0.4 is 0 Å². The van der Waals surface area contributed by atoms with Gasteiger partial charge in [-0.1, -0.05) is 30.3 Å². The maximum Gasteiger partial charge on any atom is 0.225 e. The lowest BCUT2D eigenvalue weighted by molar-refractivity contribution is -0.122. The topological polar surface area (TPSA) is 34.1 Å². The van der Waals surface area contributed by atoms with E-state index < -0.39 is 11.2 Å². The quantitative estimate of drug-likeness (QED) is 0.627. The molecule has 16 heavy (non-hydrogen) atoms. The van der Waals surface area contributed by atoms with Gasteiger partial charge in [0.05, 0.1) is 0 Å². The van der Waals surface area contributed by atoms with Crippen LogP contribution in [0.2, 0.25) is 0 Å². The van der Waals surface area contributed by atoms with Crippen molar-refractivity contribution < 1.29 is 9.59 Å². The van der Waals surface area contributed by atoms with Gasteiger partial charge in [0.1, 0.15) is 5.78 Å². The van der Waals surface area contributed by atoms with Crippen molar-refractivity contribution in [1.82, 2.24) is 0 Å². The molecule has 1 aromatic rings. The summed E-state index contributed by atoms with van der Waals surface area (Å²) >= 11 is 9.36. The predicted molar refractivity (Wildman–Crippen MR) is 68.0 cm³/mol. The summed E-state index contributed by atoms with van der Waals surface area (Å²) in [7, 11) is 0. The van der Waals surface area contributed by atoms with Crippen molar-refractivity contribution in [1.29, 1.82) is 0 Å². The summed E-state index contributed by atoms with van der Waals surface area (Å²) in [6.07, 6.45) is 0.670. The van der Waals surface area contributed by atoms with Gasteiger partial charge >= 0.3 is 0 Å². The van der Waals surface area contributed by atoms with Crippen LogP contribution in [0.4, 0.5) is 0 Å². The molecule has 0 radical (unpaired) electrons. The van der Waals surface area contributed by atoms with E-state index in [1.165, 1.54) is 0 Å². The molecule has 0 spiro atoms. The number of rotatable bonds is 6. The zero-order valence-corrected chi connectivity index (χ0v) is 10.4. The molecule has 2 nitrogen and oxygen atoms in total. The average Bonchev–Trinajstić information content (AvgIpc) is 2.29. The van der Waals surface area contributed by atoms with Crippen molar-refractivity contribution in [2.45, 2.75) is 12.8 Å². The van der Waals surface area contributed by atoms with E-state index in [1.807, 2.05) is 30.3 Å². The fraction of sp³-hybridized carbons (Fsp3) is 0.333. The van der Waals surface area contributed by atoms with Crippen molar-refractivity contribution in [3.63, 3.8) is 0 Å². The van der Waals surface area contributed by atoms with Gasteiger partial charge in [-0.25, -0.2) is 0 Å². The molecule has 1 rings (SSSR count). The molecule has 86 valence electrons. The average molecular weight is 257 g/mol. The van der Waals surface area contributed by atoms with Crippen LogP contribution in [0.1, 0.15) is 12.0 Å². The number of Topliss-reactive ketones (excluding diaryl/α,β-unsaturated/α-hetero) is 1. The molecule has 0 aromatic heterocycles. The molecule has 0 aliphatic carbocycles. The van der Waals surface area contributed by atoms with Gasteiger partial charge in [-0.15, -0.1) is 0 Å². The number of benzene rings is 1. The molecular weight excluding hydrogens is 244 g/mol. The second-order valence-corrected chi connectivity index (χ2v) is 4.28. The minimum absolute atomic E-state index is 0.0572. The molecule has 0 heterocycles. The minimum Gasteiger partial charge on any atom is -0.299 e. The summed E-state index contributed by atoms with van der Waals surface area (Å²) < 4.78 is 0. The molecule has 4 heteroatoms. The van der Waals surface area contributed by atoms with Crippen molar-refractivity contribution in [2.24, 2.45) is 5.92 Å². The molecule has 1 aromatic carbocycles. The third kappa shape index (κ3) is 4.37. The van der Waals surface area contributed by atoms with Gasteiger partial charge in [0.25, 0.3) is 0 Å². The smallest absolute Gasteiger partial charge is 0.225 e. The standard InChI is InChI=1S/C12H13ClO2S/c13-12(15)10(7-11(14)8-16)6-9-4-2-1-3-5-9/h1-5,10,16H,6-8H2. The second kappa shape index (κ2) is 6.71. The highest BCUT2D eigenvalue weighted by Gasteiger charge is 2.19. The molecular formula is C12H13ClO2S. The van der Waals surface area contributed by atoms with Crippen molar-refractivity contribution >= 4 is 35.3 Å². The molecule has 1 atom stereocenters. The molecule has 0 N–H and O–H groups in total. The fourth-order valence-corrected chi connectivity index (χ4v) is 1.75. The number of thiol groups is 1. The molecule has 0 saturated carbocycles. The fourth-order valence-electron chi connectivity index (χ4n) is 1.47. The number of carbonyl (C=O) groups is 2. The molecule has 1 unspecified atom stereocenters. The van der Waals surface area contributed by atoms with Crippen molar-refractivity contribution in [2.75, 3.05) is 5.75 Å². The molecule has 0 amide bonds. The van der Waals surface area contributed by atoms with Crippen molar-refractivity contribution in [3.05, 3.63) is 35.9 Å². The predicted octanol–water partition coefficient (Wildman–Crippen LogP) is 2.50. The van der Waals surface area contributed by atoms with Crippen LogP contribution >= 0.6 is 24.2 Å². The lowest BCUT2D eigenvalue weighted by atomic mass is 9.96. The number of carbonyl (C=O) groups excluding carboxylic acids is 2. The Bertz CT molecular complexity index is 365. The van der Waals surface area contributed by atoms with Crippen LogP contribution in [0.5, 0.6) is 0 Å². The third-order valence-electron chi connectivity index (χ3n) is 2.30. The first-order chi connectivity index (χ1) is 7.63. The SMILES string of the molecule is O=C(CS)CC(Cc1ccccc1)C(=O)Cl. The van der Waals surface area contributed by atoms with E-state index in [-0.39, 0.29) is 18.0 Å². The molecule has 0 saturated heterocycles. The maximum absolute atomic E-state index is 11.2. The zero-order valence-electron chi connectivity index (χ0n) is 8.73. The highest BCUT2D eigenvalue weighted by Crippen LogP contribution is 2.16. The number of hydrogen-bond acceptors (Lipinski definition) is 3. The molecule has 0 bridgehead atoms. The van der Waals surface area contributed by atoms with Gasteiger partial charge in [-0.2, -0.15) is 12.6 Å². The lowest BCUT2D eigenvalue weighted by Crippen LogP contribution is -2.17. The summed E-state index contributed by atoms with van der Waals surface area (Å²) in [5.74, 6) is -0.350. The number of ketones is 1. The summed E-state index contributed by atoms with van der Waals surface area (Å²) in [5.41, 5.74) is 1.01. The Morgan fingerprint density at radius 1 is 1.25 bits per heavy atom. The van der Waals surface area contributed by atoms with E-state index in [2.05, 4.69) is 12.6 Å². The Morgan fingerprint density at radius 3 is 2.38 bits per heavy atom. The zero-order chi connectivity index (χ0) is 12.0. The third-order valence-corrected chi connectivity index (χ3v) is 2.96. The van der Waals surface area contributed by atoms with E-state index in [1.54, 1.807) is 0 Å². The monoisotopic (exact) mass is 256 g/mol. The first-order valence-corrected chi connectivity index (χ1v) is 6.00. The highest BCUT2D eigenvalue weighted by atomic mass is 35.5. The molecule has 0 aliphatic rings. The maximum atomic E-state index is 11.2. The van der Waals surface area contributed by atoms with Gasteiger partial charge in [0.15, 0.2) is 0 Å². The second-order valence-electron chi connectivity index (χ2n) is 3.59. The van der Waals surface area contributed by atoms with Crippen LogP contribution in [0.3, 0.4) is 0 Å². The van der Waals surface area contributed by atoms with Crippen LogP contribution in [0, 0.1) is 5.92 Å². The Kier molecular flexibility index (Phi) is 5.56. The van der Waals surface area contributed by atoms with Gasteiger partial charge in [0.2, 0.25) is 5.24 Å². The first kappa shape index (κ1) is 13.3. The Morgan fingerprint density at radius 2 is 1.88 bits per heavy atom. The van der Waals surface area contributed by atoms with Gasteiger partial charge in [-0.3, -0.25) is 9.59 Å².